The second-order valence-corrected chi connectivity index (χ2v) is 3.70. The number of imidazole rings is 1. The van der Waals surface area contributed by atoms with E-state index in [4.69, 9.17) is 0 Å². The molecule has 1 N–H and O–H groups in total. The summed E-state index contributed by atoms with van der Waals surface area (Å²) in [7, 11) is 4.03. The number of nitrogens with one attached hydrogen (secondary N) is 1. The Balaban J connectivity index is 2.21. The molecule has 2 heterocycles. The van der Waals surface area contributed by atoms with Crippen LogP contribution in [0.3, 0.4) is 0 Å². The van der Waals surface area contributed by atoms with Gasteiger partial charge >= 0.3 is 0 Å². The Morgan fingerprint density at radius 3 is 2.80 bits per heavy atom. The van der Waals surface area contributed by atoms with E-state index in [0.717, 1.165) is 23.8 Å². The number of hydrogen-bond acceptors (Lipinski definition) is 3. The van der Waals surface area contributed by atoms with Crippen LogP contribution >= 0.6 is 0 Å². The van der Waals surface area contributed by atoms with Crippen LogP contribution in [-0.2, 0) is 6.54 Å². The molecule has 0 unspecified atom stereocenters. The molecule has 0 amide bonds. The maximum atomic E-state index is 4.30. The second-order valence-electron chi connectivity index (χ2n) is 3.70. The van der Waals surface area contributed by atoms with Crippen LogP contribution in [0.4, 0.5) is 0 Å². The first kappa shape index (κ1) is 9.86. The van der Waals surface area contributed by atoms with Gasteiger partial charge in [-0.05, 0) is 26.2 Å². The molecule has 4 heteroatoms. The number of aromatic amines is 1. The van der Waals surface area contributed by atoms with Gasteiger partial charge in [-0.1, -0.05) is 6.07 Å². The third kappa shape index (κ3) is 2.41. The molecule has 2 rings (SSSR count). The molecule has 0 aliphatic rings. The van der Waals surface area contributed by atoms with Gasteiger partial charge in [-0.25, -0.2) is 4.98 Å². The average Bonchev–Trinajstić information content (AvgIpc) is 2.67. The minimum atomic E-state index is 0.812. The fourth-order valence-corrected chi connectivity index (χ4v) is 1.39. The lowest BCUT2D eigenvalue weighted by Crippen LogP contribution is -2.11. The highest BCUT2D eigenvalue weighted by molar-refractivity contribution is 5.52. The summed E-state index contributed by atoms with van der Waals surface area (Å²) in [6, 6.07) is 5.84. The van der Waals surface area contributed by atoms with Gasteiger partial charge in [0.05, 0.1) is 24.1 Å². The van der Waals surface area contributed by atoms with Gasteiger partial charge in [0.1, 0.15) is 5.82 Å². The van der Waals surface area contributed by atoms with E-state index in [2.05, 4.69) is 19.9 Å². The smallest absolute Gasteiger partial charge is 0.120 e. The molecule has 2 aromatic rings. The minimum absolute atomic E-state index is 0.812. The lowest BCUT2D eigenvalue weighted by Gasteiger charge is -2.05. The highest BCUT2D eigenvalue weighted by Gasteiger charge is 2.03. The van der Waals surface area contributed by atoms with Crippen LogP contribution in [-0.4, -0.2) is 33.9 Å². The third-order valence-corrected chi connectivity index (χ3v) is 2.04. The van der Waals surface area contributed by atoms with Gasteiger partial charge in [-0.15, -0.1) is 0 Å². The van der Waals surface area contributed by atoms with Gasteiger partial charge < -0.3 is 9.88 Å². The van der Waals surface area contributed by atoms with Gasteiger partial charge in [0.15, 0.2) is 0 Å². The summed E-state index contributed by atoms with van der Waals surface area (Å²) in [6.45, 7) is 0.812. The van der Waals surface area contributed by atoms with E-state index in [1.807, 2.05) is 38.5 Å². The Kier molecular flexibility index (Phi) is 2.78. The van der Waals surface area contributed by atoms with E-state index >= 15 is 0 Å². The summed E-state index contributed by atoms with van der Waals surface area (Å²) in [6.07, 6.45) is 3.60. The zero-order chi connectivity index (χ0) is 10.7. The van der Waals surface area contributed by atoms with Crippen molar-refractivity contribution in [2.45, 2.75) is 6.54 Å². The maximum absolute atomic E-state index is 4.30. The molecule has 0 fully saturated rings. The number of hydrogen-bond donors (Lipinski definition) is 1. The Labute approximate surface area is 89.0 Å². The molecule has 0 saturated heterocycles. The van der Waals surface area contributed by atoms with Gasteiger partial charge in [0.2, 0.25) is 0 Å². The molecule has 2 aromatic heterocycles. The number of rotatable bonds is 3. The molecule has 0 spiro atoms. The molecule has 0 saturated carbocycles. The van der Waals surface area contributed by atoms with Crippen LogP contribution in [0.25, 0.3) is 11.4 Å². The highest BCUT2D eigenvalue weighted by atomic mass is 15.1. The van der Waals surface area contributed by atoms with Crippen LogP contribution in [0, 0.1) is 0 Å². The first-order valence-corrected chi connectivity index (χ1v) is 4.86. The first-order chi connectivity index (χ1) is 7.25. The Hall–Kier alpha value is -1.68. The monoisotopic (exact) mass is 202 g/mol. The molecule has 0 aliphatic heterocycles. The zero-order valence-electron chi connectivity index (χ0n) is 8.94. The lowest BCUT2D eigenvalue weighted by atomic mass is 10.3. The van der Waals surface area contributed by atoms with Crippen LogP contribution in [0.5, 0.6) is 0 Å². The molecule has 0 aliphatic carbocycles. The van der Waals surface area contributed by atoms with Crippen molar-refractivity contribution in [3.63, 3.8) is 0 Å². The van der Waals surface area contributed by atoms with Crippen LogP contribution in [0.2, 0.25) is 0 Å². The van der Waals surface area contributed by atoms with E-state index in [1.54, 1.807) is 6.20 Å². The van der Waals surface area contributed by atoms with Crippen molar-refractivity contribution < 1.29 is 0 Å². The van der Waals surface area contributed by atoms with Crippen LogP contribution in [0.1, 0.15) is 5.82 Å². The molecule has 0 aromatic carbocycles. The SMILES string of the molecule is CN(C)Cc1ncc(-c2ccccn2)[nH]1. The number of aromatic nitrogens is 3. The van der Waals surface area contributed by atoms with Gasteiger partial charge in [0.25, 0.3) is 0 Å². The van der Waals surface area contributed by atoms with E-state index in [1.165, 1.54) is 0 Å². The number of nitrogens with zero attached hydrogens (tertiary/aromatic N) is 3. The summed E-state index contributed by atoms with van der Waals surface area (Å²) in [5.74, 6) is 0.959. The second kappa shape index (κ2) is 4.23. The Bertz CT molecular complexity index is 419. The predicted octanol–water partition coefficient (Wildman–Crippen LogP) is 1.53. The molecule has 4 nitrogen and oxygen atoms in total. The zero-order valence-corrected chi connectivity index (χ0v) is 8.94. The fraction of sp³-hybridized carbons (Fsp3) is 0.273. The molecule has 78 valence electrons. The Morgan fingerprint density at radius 2 is 2.13 bits per heavy atom. The molecule has 15 heavy (non-hydrogen) atoms. The fourth-order valence-electron chi connectivity index (χ4n) is 1.39. The predicted molar refractivity (Wildman–Crippen MR) is 59.2 cm³/mol. The number of H-pyrrole nitrogens is 1. The summed E-state index contributed by atoms with van der Waals surface area (Å²) >= 11 is 0. The largest absolute Gasteiger partial charge is 0.340 e. The summed E-state index contributed by atoms with van der Waals surface area (Å²) in [5.41, 5.74) is 1.89. The molecule has 0 bridgehead atoms. The number of pyridine rings is 1. The molecular formula is C11H14N4. The normalized spacial score (nSPS) is 10.9. The molecule has 0 atom stereocenters. The van der Waals surface area contributed by atoms with Crippen molar-refractivity contribution >= 4 is 0 Å². The highest BCUT2D eigenvalue weighted by Crippen LogP contribution is 2.13. The van der Waals surface area contributed by atoms with Crippen LogP contribution < -0.4 is 0 Å². The summed E-state index contributed by atoms with van der Waals surface area (Å²) < 4.78 is 0. The Morgan fingerprint density at radius 1 is 1.27 bits per heavy atom. The minimum Gasteiger partial charge on any atom is -0.340 e. The van der Waals surface area contributed by atoms with Crippen molar-refractivity contribution in [3.05, 3.63) is 36.4 Å². The van der Waals surface area contributed by atoms with E-state index in [9.17, 15) is 0 Å². The topological polar surface area (TPSA) is 44.8 Å². The van der Waals surface area contributed by atoms with Gasteiger partial charge in [0, 0.05) is 6.20 Å². The van der Waals surface area contributed by atoms with Crippen molar-refractivity contribution in [3.8, 4) is 11.4 Å². The summed E-state index contributed by atoms with van der Waals surface area (Å²) in [4.78, 5) is 13.9. The van der Waals surface area contributed by atoms with E-state index in [0.29, 0.717) is 0 Å². The molecule has 0 radical (unpaired) electrons. The standard InChI is InChI=1S/C11H14N4/c1-15(2)8-11-13-7-10(14-11)9-5-3-4-6-12-9/h3-7H,8H2,1-2H3,(H,13,14). The van der Waals surface area contributed by atoms with Gasteiger partial charge in [-0.3, -0.25) is 4.98 Å². The van der Waals surface area contributed by atoms with E-state index < -0.39 is 0 Å². The summed E-state index contributed by atoms with van der Waals surface area (Å²) in [5, 5.41) is 0. The first-order valence-electron chi connectivity index (χ1n) is 4.86. The van der Waals surface area contributed by atoms with Crippen molar-refractivity contribution in [2.75, 3.05) is 14.1 Å². The van der Waals surface area contributed by atoms with Crippen molar-refractivity contribution in [1.29, 1.82) is 0 Å². The van der Waals surface area contributed by atoms with Gasteiger partial charge in [-0.2, -0.15) is 0 Å². The quantitative estimate of drug-likeness (QED) is 0.821. The van der Waals surface area contributed by atoms with Crippen molar-refractivity contribution in [2.24, 2.45) is 0 Å². The van der Waals surface area contributed by atoms with Crippen LogP contribution in [0.15, 0.2) is 30.6 Å². The molecular weight excluding hydrogens is 188 g/mol. The third-order valence-electron chi connectivity index (χ3n) is 2.04. The lowest BCUT2D eigenvalue weighted by molar-refractivity contribution is 0.392. The van der Waals surface area contributed by atoms with E-state index in [-0.39, 0.29) is 0 Å². The average molecular weight is 202 g/mol. The maximum Gasteiger partial charge on any atom is 0.120 e. The van der Waals surface area contributed by atoms with Crippen molar-refractivity contribution in [1.82, 2.24) is 19.9 Å².